The monoisotopic (exact) mass is 503 g/mol. The van der Waals surface area contributed by atoms with Crippen LogP contribution >= 0.6 is 34.8 Å². The van der Waals surface area contributed by atoms with Crippen molar-refractivity contribution in [2.75, 3.05) is 11.6 Å². The van der Waals surface area contributed by atoms with Crippen molar-refractivity contribution in [2.45, 2.75) is 19.8 Å². The van der Waals surface area contributed by atoms with Crippen molar-refractivity contribution in [1.29, 1.82) is 0 Å². The molecule has 33 heavy (non-hydrogen) atoms. The van der Waals surface area contributed by atoms with Crippen molar-refractivity contribution in [2.24, 2.45) is 10.1 Å². The zero-order chi connectivity index (χ0) is 23.7. The van der Waals surface area contributed by atoms with E-state index in [0.29, 0.717) is 22.7 Å². The molecule has 10 heteroatoms. The summed E-state index contributed by atoms with van der Waals surface area (Å²) in [7, 11) is 0. The Bertz CT molecular complexity index is 1240. The van der Waals surface area contributed by atoms with Crippen molar-refractivity contribution in [3.63, 3.8) is 0 Å². The van der Waals surface area contributed by atoms with Gasteiger partial charge in [0.05, 0.1) is 22.2 Å². The van der Waals surface area contributed by atoms with Crippen LogP contribution in [0.4, 0.5) is 5.69 Å². The third-order valence-corrected chi connectivity index (χ3v) is 5.79. The van der Waals surface area contributed by atoms with Crippen molar-refractivity contribution in [1.82, 2.24) is 0 Å². The van der Waals surface area contributed by atoms with E-state index in [1.165, 1.54) is 19.1 Å². The standard InChI is InChI=1S/C23H16Cl3N3O4/c1-12-19(30)10-22(32)29(28-12)16-8-17(25)23(18(26)9-16)33-21-7-14(20(31)11-27-21)6-13-2-4-15(24)5-3-13/h2-5,7-9H,6,10-11H2,1H3. The van der Waals surface area contributed by atoms with Gasteiger partial charge in [0, 0.05) is 23.1 Å². The Morgan fingerprint density at radius 3 is 2.33 bits per heavy atom. The lowest BCUT2D eigenvalue weighted by Gasteiger charge is -2.23. The van der Waals surface area contributed by atoms with E-state index in [9.17, 15) is 14.4 Å². The first-order valence-electron chi connectivity index (χ1n) is 9.82. The lowest BCUT2D eigenvalue weighted by molar-refractivity contribution is -0.124. The second-order valence-electron chi connectivity index (χ2n) is 7.38. The Morgan fingerprint density at radius 1 is 1.00 bits per heavy atom. The molecule has 0 bridgehead atoms. The number of aliphatic imine (C=N–C) groups is 1. The lowest BCUT2D eigenvalue weighted by atomic mass is 10.00. The molecule has 0 atom stereocenters. The second kappa shape index (κ2) is 9.47. The Labute approximate surface area is 204 Å². The third kappa shape index (κ3) is 5.16. The number of ketones is 2. The van der Waals surface area contributed by atoms with Gasteiger partial charge in [0.25, 0.3) is 5.91 Å². The number of rotatable bonds is 4. The van der Waals surface area contributed by atoms with Crippen LogP contribution in [0.5, 0.6) is 5.75 Å². The number of halogens is 3. The summed E-state index contributed by atoms with van der Waals surface area (Å²) in [5.74, 6) is -0.630. The molecule has 2 aromatic rings. The minimum Gasteiger partial charge on any atom is -0.436 e. The van der Waals surface area contributed by atoms with E-state index in [1.807, 2.05) is 12.1 Å². The molecule has 0 unspecified atom stereocenters. The smallest absolute Gasteiger partial charge is 0.255 e. The van der Waals surface area contributed by atoms with E-state index in [0.717, 1.165) is 10.6 Å². The molecule has 4 rings (SSSR count). The molecule has 7 nitrogen and oxygen atoms in total. The van der Waals surface area contributed by atoms with Gasteiger partial charge in [-0.05, 0) is 36.8 Å². The van der Waals surface area contributed by atoms with Gasteiger partial charge >= 0.3 is 0 Å². The predicted octanol–water partition coefficient (Wildman–Crippen LogP) is 4.86. The van der Waals surface area contributed by atoms with Gasteiger partial charge in [-0.3, -0.25) is 14.4 Å². The molecule has 1 amide bonds. The largest absolute Gasteiger partial charge is 0.436 e. The number of hydrogen-bond donors (Lipinski definition) is 0. The van der Waals surface area contributed by atoms with Gasteiger partial charge in [0.1, 0.15) is 12.3 Å². The van der Waals surface area contributed by atoms with Crippen LogP contribution in [0.25, 0.3) is 0 Å². The Morgan fingerprint density at radius 2 is 1.67 bits per heavy atom. The van der Waals surface area contributed by atoms with Gasteiger partial charge < -0.3 is 4.74 Å². The van der Waals surface area contributed by atoms with Crippen LogP contribution in [-0.2, 0) is 20.8 Å². The molecule has 0 aliphatic carbocycles. The van der Waals surface area contributed by atoms with E-state index in [1.54, 1.807) is 18.2 Å². The molecule has 0 spiro atoms. The Hall–Kier alpha value is -3.00. The van der Waals surface area contributed by atoms with Crippen molar-refractivity contribution in [3.8, 4) is 5.75 Å². The van der Waals surface area contributed by atoms with E-state index < -0.39 is 5.91 Å². The van der Waals surface area contributed by atoms with Crippen LogP contribution in [0.2, 0.25) is 15.1 Å². The second-order valence-corrected chi connectivity index (χ2v) is 8.63. The topological polar surface area (TPSA) is 88.4 Å². The number of nitrogens with zero attached hydrogens (tertiary/aromatic N) is 3. The summed E-state index contributed by atoms with van der Waals surface area (Å²) in [4.78, 5) is 40.4. The van der Waals surface area contributed by atoms with Crippen LogP contribution < -0.4 is 9.75 Å². The summed E-state index contributed by atoms with van der Waals surface area (Å²) >= 11 is 18.7. The highest BCUT2D eigenvalue weighted by Crippen LogP contribution is 2.38. The molecule has 2 heterocycles. The summed E-state index contributed by atoms with van der Waals surface area (Å²) < 4.78 is 5.80. The van der Waals surface area contributed by atoms with Crippen LogP contribution in [0.1, 0.15) is 18.9 Å². The molecule has 0 saturated heterocycles. The first-order valence-corrected chi connectivity index (χ1v) is 11.0. The number of benzene rings is 2. The normalized spacial score (nSPS) is 16.4. The summed E-state index contributed by atoms with van der Waals surface area (Å²) in [5, 5.41) is 5.94. The molecule has 0 radical (unpaired) electrons. The lowest BCUT2D eigenvalue weighted by Crippen LogP contribution is -2.36. The first kappa shape index (κ1) is 23.2. The van der Waals surface area contributed by atoms with Crippen LogP contribution in [0.15, 0.2) is 58.1 Å². The fourth-order valence-electron chi connectivity index (χ4n) is 3.23. The highest BCUT2D eigenvalue weighted by Gasteiger charge is 2.28. The van der Waals surface area contributed by atoms with Gasteiger partial charge in [-0.1, -0.05) is 46.9 Å². The Balaban J connectivity index is 1.57. The minimum atomic E-state index is -0.489. The number of ether oxygens (including phenoxy) is 1. The van der Waals surface area contributed by atoms with E-state index in [2.05, 4.69) is 10.1 Å². The quantitative estimate of drug-likeness (QED) is 0.556. The van der Waals surface area contributed by atoms with Gasteiger partial charge in [0.15, 0.2) is 17.3 Å². The van der Waals surface area contributed by atoms with Crippen molar-refractivity contribution >= 4 is 69.6 Å². The summed E-state index contributed by atoms with van der Waals surface area (Å²) in [6, 6.07) is 10.1. The van der Waals surface area contributed by atoms with Gasteiger partial charge in [-0.15, -0.1) is 0 Å². The van der Waals surface area contributed by atoms with Gasteiger partial charge in [0.2, 0.25) is 5.90 Å². The molecule has 0 saturated carbocycles. The molecule has 2 aliphatic rings. The van der Waals surface area contributed by atoms with Crippen LogP contribution in [0, 0.1) is 0 Å². The molecule has 0 N–H and O–H groups in total. The summed E-state index contributed by atoms with van der Waals surface area (Å²) in [5.41, 5.74) is 1.96. The number of hydrazone groups is 1. The molecule has 0 fully saturated rings. The number of carbonyl (C=O) groups is 3. The number of dihydropyridines is 1. The highest BCUT2D eigenvalue weighted by molar-refractivity contribution is 6.44. The van der Waals surface area contributed by atoms with Crippen molar-refractivity contribution < 1.29 is 19.1 Å². The first-order chi connectivity index (χ1) is 15.7. The average molecular weight is 505 g/mol. The molecule has 2 aliphatic heterocycles. The SMILES string of the molecule is CC1=NN(c2cc(Cl)c(OC3=NCC(=O)C(Cc4ccc(Cl)cc4)=C3)c(Cl)c2)C(=O)CC1=O. The van der Waals surface area contributed by atoms with Gasteiger partial charge in [-0.25, -0.2) is 4.99 Å². The van der Waals surface area contributed by atoms with Crippen LogP contribution in [-0.4, -0.2) is 35.6 Å². The third-order valence-electron chi connectivity index (χ3n) is 4.98. The number of hydrogen-bond acceptors (Lipinski definition) is 6. The Kier molecular flexibility index (Phi) is 6.65. The van der Waals surface area contributed by atoms with Gasteiger partial charge in [-0.2, -0.15) is 10.1 Å². The molecule has 168 valence electrons. The molecule has 0 aromatic heterocycles. The fourth-order valence-corrected chi connectivity index (χ4v) is 3.91. The summed E-state index contributed by atoms with van der Waals surface area (Å²) in [6.45, 7) is 1.46. The fraction of sp³-hybridized carbons (Fsp3) is 0.174. The highest BCUT2D eigenvalue weighted by atomic mass is 35.5. The molecule has 2 aromatic carbocycles. The average Bonchev–Trinajstić information content (AvgIpc) is 2.77. The molecular weight excluding hydrogens is 489 g/mol. The number of carbonyl (C=O) groups excluding carboxylic acids is 3. The number of anilines is 1. The molecular formula is C23H16Cl3N3O4. The van der Waals surface area contributed by atoms with E-state index in [-0.39, 0.29) is 51.9 Å². The zero-order valence-corrected chi connectivity index (χ0v) is 19.5. The maximum Gasteiger partial charge on any atom is 0.255 e. The minimum absolute atomic E-state index is 0.0631. The van der Waals surface area contributed by atoms with E-state index >= 15 is 0 Å². The zero-order valence-electron chi connectivity index (χ0n) is 17.3. The maximum absolute atomic E-state index is 12.3. The maximum atomic E-state index is 12.3. The predicted molar refractivity (Wildman–Crippen MR) is 128 cm³/mol. The summed E-state index contributed by atoms with van der Waals surface area (Å²) in [6.07, 6.45) is 1.66. The number of Topliss-reactive ketones (excluding diaryl/α,β-unsaturated/α-hetero) is 2. The van der Waals surface area contributed by atoms with Crippen LogP contribution in [0.3, 0.4) is 0 Å². The number of amides is 1. The van der Waals surface area contributed by atoms with E-state index in [4.69, 9.17) is 39.5 Å². The van der Waals surface area contributed by atoms with Crippen molar-refractivity contribution in [3.05, 3.63) is 68.7 Å².